The summed E-state index contributed by atoms with van der Waals surface area (Å²) in [5.41, 5.74) is 2.86. The maximum absolute atomic E-state index is 12.8. The van der Waals surface area contributed by atoms with Crippen LogP contribution in [0.5, 0.6) is 5.75 Å². The van der Waals surface area contributed by atoms with Crippen LogP contribution in [-0.4, -0.2) is 18.9 Å². The van der Waals surface area contributed by atoms with Crippen LogP contribution in [0.2, 0.25) is 0 Å². The van der Waals surface area contributed by atoms with E-state index >= 15 is 0 Å². The molecular formula is C20H21NO3. The van der Waals surface area contributed by atoms with Gasteiger partial charge in [-0.15, -0.1) is 0 Å². The van der Waals surface area contributed by atoms with Crippen LogP contribution in [-0.2, 0) is 16.0 Å². The number of carbonyl (C=O) groups excluding carboxylic acids is 2. The normalized spacial score (nSPS) is 20.5. The van der Waals surface area contributed by atoms with Crippen LogP contribution < -0.4 is 9.64 Å². The summed E-state index contributed by atoms with van der Waals surface area (Å²) in [6, 6.07) is 15.1. The molecule has 2 aromatic carbocycles. The number of anilines is 1. The maximum Gasteiger partial charge on any atom is 0.238 e. The van der Waals surface area contributed by atoms with E-state index in [9.17, 15) is 9.59 Å². The Morgan fingerprint density at radius 2 is 1.58 bits per heavy atom. The third-order valence-corrected chi connectivity index (χ3v) is 4.66. The predicted molar refractivity (Wildman–Crippen MR) is 93.0 cm³/mol. The zero-order valence-corrected chi connectivity index (χ0v) is 14.2. The fourth-order valence-corrected chi connectivity index (χ4v) is 3.09. The Morgan fingerprint density at radius 1 is 0.958 bits per heavy atom. The molecule has 2 atom stereocenters. The van der Waals surface area contributed by atoms with Crippen LogP contribution in [0.15, 0.2) is 48.5 Å². The lowest BCUT2D eigenvalue weighted by Crippen LogP contribution is -2.31. The summed E-state index contributed by atoms with van der Waals surface area (Å²) in [7, 11) is 1.58. The number of aryl methyl sites for hydroxylation is 1. The van der Waals surface area contributed by atoms with Gasteiger partial charge in [-0.25, -0.2) is 0 Å². The monoisotopic (exact) mass is 323 g/mol. The van der Waals surface area contributed by atoms with Gasteiger partial charge in [-0.05, 0) is 43.2 Å². The number of benzene rings is 2. The van der Waals surface area contributed by atoms with Gasteiger partial charge in [-0.2, -0.15) is 0 Å². The summed E-state index contributed by atoms with van der Waals surface area (Å²) >= 11 is 0. The highest BCUT2D eigenvalue weighted by molar-refractivity contribution is 6.21. The highest BCUT2D eigenvalue weighted by Crippen LogP contribution is 2.33. The van der Waals surface area contributed by atoms with Crippen LogP contribution in [0.3, 0.4) is 0 Å². The van der Waals surface area contributed by atoms with Crippen molar-refractivity contribution in [3.8, 4) is 5.75 Å². The summed E-state index contributed by atoms with van der Waals surface area (Å²) in [5.74, 6) is -0.203. The molecule has 2 amide bonds. The average molecular weight is 323 g/mol. The molecule has 0 radical (unpaired) electrons. The molecule has 0 bridgehead atoms. The fraction of sp³-hybridized carbons (Fsp3) is 0.300. The fourth-order valence-electron chi connectivity index (χ4n) is 3.09. The topological polar surface area (TPSA) is 46.6 Å². The number of nitrogens with zero attached hydrogens (tertiary/aromatic N) is 1. The molecule has 4 heteroatoms. The van der Waals surface area contributed by atoms with Crippen molar-refractivity contribution in [3.63, 3.8) is 0 Å². The minimum Gasteiger partial charge on any atom is -0.497 e. The molecule has 1 aliphatic heterocycles. The molecule has 0 spiro atoms. The molecular weight excluding hydrogens is 302 g/mol. The van der Waals surface area contributed by atoms with Gasteiger partial charge < -0.3 is 4.74 Å². The SMILES string of the molecule is COc1ccc(N2C(=O)[C@@H](C)[C@@H](Cc3ccc(C)cc3)C2=O)cc1. The second kappa shape index (κ2) is 6.48. The van der Waals surface area contributed by atoms with Gasteiger partial charge in [0.2, 0.25) is 11.8 Å². The zero-order valence-electron chi connectivity index (χ0n) is 14.2. The van der Waals surface area contributed by atoms with Gasteiger partial charge in [-0.3, -0.25) is 14.5 Å². The molecule has 4 nitrogen and oxygen atoms in total. The molecule has 0 aromatic heterocycles. The van der Waals surface area contributed by atoms with Crippen molar-refractivity contribution in [2.45, 2.75) is 20.3 Å². The number of amides is 2. The van der Waals surface area contributed by atoms with E-state index in [2.05, 4.69) is 0 Å². The van der Waals surface area contributed by atoms with Gasteiger partial charge in [0.1, 0.15) is 5.75 Å². The largest absolute Gasteiger partial charge is 0.497 e. The summed E-state index contributed by atoms with van der Waals surface area (Å²) in [6.07, 6.45) is 0.582. The van der Waals surface area contributed by atoms with Crippen LogP contribution in [0.1, 0.15) is 18.1 Å². The predicted octanol–water partition coefficient (Wildman–Crippen LogP) is 3.37. The molecule has 124 valence electrons. The standard InChI is InChI=1S/C20H21NO3/c1-13-4-6-15(7-5-13)12-18-14(2)19(22)21(20(18)23)16-8-10-17(24-3)11-9-16/h4-11,14,18H,12H2,1-3H3/t14-,18+/m0/s1. The first-order valence-corrected chi connectivity index (χ1v) is 8.08. The Bertz CT molecular complexity index is 749. The average Bonchev–Trinajstić information content (AvgIpc) is 2.80. The van der Waals surface area contributed by atoms with Crippen molar-refractivity contribution in [2.75, 3.05) is 12.0 Å². The van der Waals surface area contributed by atoms with Crippen molar-refractivity contribution < 1.29 is 14.3 Å². The lowest BCUT2D eigenvalue weighted by atomic mass is 9.90. The maximum atomic E-state index is 12.8. The Morgan fingerprint density at radius 3 is 2.17 bits per heavy atom. The second-order valence-corrected chi connectivity index (χ2v) is 6.29. The van der Waals surface area contributed by atoms with Crippen LogP contribution in [0, 0.1) is 18.8 Å². The number of hydrogen-bond donors (Lipinski definition) is 0. The quantitative estimate of drug-likeness (QED) is 0.811. The number of hydrogen-bond acceptors (Lipinski definition) is 3. The van der Waals surface area contributed by atoms with E-state index < -0.39 is 0 Å². The molecule has 0 unspecified atom stereocenters. The van der Waals surface area contributed by atoms with Gasteiger partial charge in [0.15, 0.2) is 0 Å². The molecule has 0 saturated carbocycles. The smallest absolute Gasteiger partial charge is 0.238 e. The highest BCUT2D eigenvalue weighted by Gasteiger charge is 2.45. The zero-order chi connectivity index (χ0) is 17.3. The van der Waals surface area contributed by atoms with Crippen molar-refractivity contribution in [3.05, 3.63) is 59.7 Å². The molecule has 1 fully saturated rings. The summed E-state index contributed by atoms with van der Waals surface area (Å²) in [6.45, 7) is 3.87. The molecule has 0 aliphatic carbocycles. The van der Waals surface area contributed by atoms with E-state index in [1.807, 2.05) is 38.1 Å². The Labute approximate surface area is 142 Å². The molecule has 2 aromatic rings. The Balaban J connectivity index is 1.84. The Kier molecular flexibility index (Phi) is 4.38. The van der Waals surface area contributed by atoms with E-state index in [4.69, 9.17) is 4.74 Å². The van der Waals surface area contributed by atoms with Crippen LogP contribution >= 0.6 is 0 Å². The second-order valence-electron chi connectivity index (χ2n) is 6.29. The van der Waals surface area contributed by atoms with Crippen molar-refractivity contribution in [1.29, 1.82) is 0 Å². The lowest BCUT2D eigenvalue weighted by molar-refractivity contribution is -0.122. The van der Waals surface area contributed by atoms with Gasteiger partial charge in [-0.1, -0.05) is 36.8 Å². The molecule has 0 N–H and O–H groups in total. The number of carbonyl (C=O) groups is 2. The minimum atomic E-state index is -0.319. The van der Waals surface area contributed by atoms with E-state index in [-0.39, 0.29) is 23.7 Å². The summed E-state index contributed by atoms with van der Waals surface area (Å²) in [4.78, 5) is 26.7. The molecule has 1 heterocycles. The highest BCUT2D eigenvalue weighted by atomic mass is 16.5. The van der Waals surface area contributed by atoms with Gasteiger partial charge in [0.05, 0.1) is 18.7 Å². The van der Waals surface area contributed by atoms with E-state index in [1.165, 1.54) is 10.5 Å². The first-order valence-electron chi connectivity index (χ1n) is 8.08. The Hall–Kier alpha value is -2.62. The van der Waals surface area contributed by atoms with E-state index in [0.717, 1.165) is 5.56 Å². The van der Waals surface area contributed by atoms with Crippen molar-refractivity contribution >= 4 is 17.5 Å². The summed E-state index contributed by atoms with van der Waals surface area (Å²) in [5, 5.41) is 0. The molecule has 3 rings (SSSR count). The van der Waals surface area contributed by atoms with Crippen molar-refractivity contribution in [2.24, 2.45) is 11.8 Å². The van der Waals surface area contributed by atoms with Crippen LogP contribution in [0.25, 0.3) is 0 Å². The summed E-state index contributed by atoms with van der Waals surface area (Å²) < 4.78 is 5.13. The lowest BCUT2D eigenvalue weighted by Gasteiger charge is -2.15. The van der Waals surface area contributed by atoms with Crippen LogP contribution in [0.4, 0.5) is 5.69 Å². The molecule has 1 saturated heterocycles. The molecule has 24 heavy (non-hydrogen) atoms. The van der Waals surface area contributed by atoms with Gasteiger partial charge in [0.25, 0.3) is 0 Å². The third kappa shape index (κ3) is 2.92. The molecule has 1 aliphatic rings. The number of rotatable bonds is 4. The third-order valence-electron chi connectivity index (χ3n) is 4.66. The number of ether oxygens (including phenoxy) is 1. The van der Waals surface area contributed by atoms with Crippen molar-refractivity contribution in [1.82, 2.24) is 0 Å². The van der Waals surface area contributed by atoms with E-state index in [1.54, 1.807) is 31.4 Å². The van der Waals surface area contributed by atoms with Gasteiger partial charge in [0, 0.05) is 5.92 Å². The number of imide groups is 1. The first kappa shape index (κ1) is 16.2. The number of methoxy groups -OCH3 is 1. The minimum absolute atomic E-state index is 0.127. The van der Waals surface area contributed by atoms with Gasteiger partial charge >= 0.3 is 0 Å². The van der Waals surface area contributed by atoms with E-state index in [0.29, 0.717) is 17.9 Å². The first-order chi connectivity index (χ1) is 11.5.